The van der Waals surface area contributed by atoms with Gasteiger partial charge in [0, 0.05) is 26.3 Å². The second kappa shape index (κ2) is 6.17. The fraction of sp³-hybridized carbons (Fsp3) is 0.818. The molecule has 0 saturated carbocycles. The summed E-state index contributed by atoms with van der Waals surface area (Å²) >= 11 is 0. The molecule has 0 aliphatic carbocycles. The highest BCUT2D eigenvalue weighted by Crippen LogP contribution is 2.18. The molecule has 0 radical (unpaired) electrons. The molecule has 0 aliphatic heterocycles. The Morgan fingerprint density at radius 3 is 2.62 bits per heavy atom. The largest absolute Gasteiger partial charge is 0.385 e. The Hall–Kier alpha value is -0.340. The molecule has 0 amide bonds. The summed E-state index contributed by atoms with van der Waals surface area (Å²) in [5.74, 6) is 0. The summed E-state index contributed by atoms with van der Waals surface area (Å²) in [4.78, 5) is 0. The SMILES string of the molecule is C=CC(C)NCC(C)(C)CCOC. The van der Waals surface area contributed by atoms with E-state index in [4.69, 9.17) is 4.74 Å². The van der Waals surface area contributed by atoms with Gasteiger partial charge in [0.1, 0.15) is 0 Å². The topological polar surface area (TPSA) is 21.3 Å². The summed E-state index contributed by atoms with van der Waals surface area (Å²) in [6.07, 6.45) is 3.01. The number of hydrogen-bond acceptors (Lipinski definition) is 2. The number of nitrogens with one attached hydrogen (secondary N) is 1. The first kappa shape index (κ1) is 12.7. The van der Waals surface area contributed by atoms with Crippen molar-refractivity contribution in [3.63, 3.8) is 0 Å². The van der Waals surface area contributed by atoms with E-state index in [1.165, 1.54) is 0 Å². The van der Waals surface area contributed by atoms with E-state index in [0.717, 1.165) is 19.6 Å². The van der Waals surface area contributed by atoms with Gasteiger partial charge in [-0.15, -0.1) is 6.58 Å². The second-order valence-electron chi connectivity index (χ2n) is 4.31. The zero-order valence-electron chi connectivity index (χ0n) is 9.39. The summed E-state index contributed by atoms with van der Waals surface area (Å²) in [6, 6.07) is 0.391. The van der Waals surface area contributed by atoms with Gasteiger partial charge in [-0.1, -0.05) is 19.9 Å². The van der Waals surface area contributed by atoms with Crippen molar-refractivity contribution in [3.05, 3.63) is 12.7 Å². The van der Waals surface area contributed by atoms with Crippen molar-refractivity contribution in [1.29, 1.82) is 0 Å². The van der Waals surface area contributed by atoms with Crippen LogP contribution in [0.1, 0.15) is 27.2 Å². The first-order chi connectivity index (χ1) is 6.02. The maximum atomic E-state index is 5.06. The molecule has 13 heavy (non-hydrogen) atoms. The molecule has 0 spiro atoms. The predicted octanol–water partition coefficient (Wildman–Crippen LogP) is 2.21. The van der Waals surface area contributed by atoms with Gasteiger partial charge in [-0.3, -0.25) is 0 Å². The average molecular weight is 185 g/mol. The maximum Gasteiger partial charge on any atom is 0.0467 e. The normalized spacial score (nSPS) is 14.2. The molecule has 0 bridgehead atoms. The van der Waals surface area contributed by atoms with Crippen LogP contribution in [-0.2, 0) is 4.74 Å². The molecule has 0 aromatic rings. The molecule has 0 saturated heterocycles. The standard InChI is InChI=1S/C11H23NO/c1-6-10(2)12-9-11(3,4)7-8-13-5/h6,10,12H,1,7-9H2,2-5H3. The van der Waals surface area contributed by atoms with E-state index in [1.54, 1.807) is 7.11 Å². The highest BCUT2D eigenvalue weighted by molar-refractivity contribution is 4.83. The lowest BCUT2D eigenvalue weighted by Crippen LogP contribution is -2.35. The number of hydrogen-bond donors (Lipinski definition) is 1. The molecule has 1 unspecified atom stereocenters. The first-order valence-electron chi connectivity index (χ1n) is 4.87. The molecule has 0 aromatic carbocycles. The van der Waals surface area contributed by atoms with Crippen LogP contribution in [0.25, 0.3) is 0 Å². The Bertz CT molecular complexity index is 143. The molecule has 2 nitrogen and oxygen atoms in total. The summed E-state index contributed by atoms with van der Waals surface area (Å²) in [5, 5.41) is 3.41. The number of methoxy groups -OCH3 is 1. The molecule has 1 N–H and O–H groups in total. The van der Waals surface area contributed by atoms with Gasteiger partial charge in [-0.25, -0.2) is 0 Å². The minimum Gasteiger partial charge on any atom is -0.385 e. The third-order valence-electron chi connectivity index (χ3n) is 2.24. The van der Waals surface area contributed by atoms with Gasteiger partial charge in [-0.05, 0) is 18.8 Å². The molecule has 1 atom stereocenters. The minimum atomic E-state index is 0.299. The zero-order valence-corrected chi connectivity index (χ0v) is 9.39. The van der Waals surface area contributed by atoms with E-state index in [0.29, 0.717) is 11.5 Å². The van der Waals surface area contributed by atoms with Crippen LogP contribution >= 0.6 is 0 Å². The van der Waals surface area contributed by atoms with Crippen LogP contribution in [0.15, 0.2) is 12.7 Å². The Labute approximate surface area is 82.4 Å². The van der Waals surface area contributed by atoms with Crippen molar-refractivity contribution in [3.8, 4) is 0 Å². The number of rotatable bonds is 7. The van der Waals surface area contributed by atoms with E-state index in [1.807, 2.05) is 6.08 Å². The Morgan fingerprint density at radius 2 is 2.15 bits per heavy atom. The third-order valence-corrected chi connectivity index (χ3v) is 2.24. The number of ether oxygens (including phenoxy) is 1. The average Bonchev–Trinajstić information content (AvgIpc) is 2.11. The molecular weight excluding hydrogens is 162 g/mol. The summed E-state index contributed by atoms with van der Waals surface area (Å²) in [6.45, 7) is 12.2. The van der Waals surface area contributed by atoms with Crippen molar-refractivity contribution in [2.75, 3.05) is 20.3 Å². The molecule has 0 aliphatic rings. The van der Waals surface area contributed by atoms with Crippen LogP contribution in [0, 0.1) is 5.41 Å². The molecular formula is C11H23NO. The van der Waals surface area contributed by atoms with Crippen LogP contribution < -0.4 is 5.32 Å². The van der Waals surface area contributed by atoms with Gasteiger partial charge in [0.15, 0.2) is 0 Å². The second-order valence-corrected chi connectivity index (χ2v) is 4.31. The van der Waals surface area contributed by atoms with E-state index in [9.17, 15) is 0 Å². The third kappa shape index (κ3) is 6.79. The van der Waals surface area contributed by atoms with Crippen LogP contribution in [-0.4, -0.2) is 26.3 Å². The van der Waals surface area contributed by atoms with Gasteiger partial charge in [-0.2, -0.15) is 0 Å². The quantitative estimate of drug-likeness (QED) is 0.614. The lowest BCUT2D eigenvalue weighted by molar-refractivity contribution is 0.150. The fourth-order valence-corrected chi connectivity index (χ4v) is 0.987. The Balaban J connectivity index is 3.67. The van der Waals surface area contributed by atoms with Crippen LogP contribution in [0.3, 0.4) is 0 Å². The van der Waals surface area contributed by atoms with Gasteiger partial charge >= 0.3 is 0 Å². The lowest BCUT2D eigenvalue weighted by Gasteiger charge is -2.26. The van der Waals surface area contributed by atoms with Crippen molar-refractivity contribution < 1.29 is 4.74 Å². The zero-order chi connectivity index (χ0) is 10.3. The fourth-order valence-electron chi connectivity index (χ4n) is 0.987. The van der Waals surface area contributed by atoms with Crippen LogP contribution in [0.4, 0.5) is 0 Å². The summed E-state index contributed by atoms with van der Waals surface area (Å²) in [5.41, 5.74) is 0.299. The highest BCUT2D eigenvalue weighted by atomic mass is 16.5. The lowest BCUT2D eigenvalue weighted by atomic mass is 9.89. The van der Waals surface area contributed by atoms with Gasteiger partial charge < -0.3 is 10.1 Å². The van der Waals surface area contributed by atoms with Gasteiger partial charge in [0.25, 0.3) is 0 Å². The molecule has 78 valence electrons. The van der Waals surface area contributed by atoms with Crippen molar-refractivity contribution in [2.45, 2.75) is 33.2 Å². The minimum absolute atomic E-state index is 0.299. The molecule has 0 aromatic heterocycles. The van der Waals surface area contributed by atoms with Crippen molar-refractivity contribution >= 4 is 0 Å². The molecule has 0 fully saturated rings. The summed E-state index contributed by atoms with van der Waals surface area (Å²) in [7, 11) is 1.75. The Kier molecular flexibility index (Phi) is 6.00. The van der Waals surface area contributed by atoms with E-state index >= 15 is 0 Å². The predicted molar refractivity (Wildman–Crippen MR) is 57.9 cm³/mol. The van der Waals surface area contributed by atoms with Crippen LogP contribution in [0.5, 0.6) is 0 Å². The van der Waals surface area contributed by atoms with Crippen molar-refractivity contribution in [1.82, 2.24) is 5.32 Å². The maximum absolute atomic E-state index is 5.06. The van der Waals surface area contributed by atoms with E-state index in [-0.39, 0.29) is 0 Å². The molecule has 0 heterocycles. The molecule has 2 heteroatoms. The van der Waals surface area contributed by atoms with Gasteiger partial charge in [0.2, 0.25) is 0 Å². The van der Waals surface area contributed by atoms with Gasteiger partial charge in [0.05, 0.1) is 0 Å². The Morgan fingerprint density at radius 1 is 1.54 bits per heavy atom. The summed E-state index contributed by atoms with van der Waals surface area (Å²) < 4.78 is 5.06. The highest BCUT2D eigenvalue weighted by Gasteiger charge is 2.17. The smallest absolute Gasteiger partial charge is 0.0467 e. The van der Waals surface area contributed by atoms with Crippen LogP contribution in [0.2, 0.25) is 0 Å². The first-order valence-corrected chi connectivity index (χ1v) is 4.87. The van der Waals surface area contributed by atoms with E-state index < -0.39 is 0 Å². The monoisotopic (exact) mass is 185 g/mol. The van der Waals surface area contributed by atoms with Crippen molar-refractivity contribution in [2.24, 2.45) is 5.41 Å². The molecule has 0 rings (SSSR count). The van der Waals surface area contributed by atoms with E-state index in [2.05, 4.69) is 32.7 Å².